The first-order valence-electron chi connectivity index (χ1n) is 8.83. The van der Waals surface area contributed by atoms with Crippen molar-refractivity contribution in [1.82, 2.24) is 0 Å². The third-order valence-electron chi connectivity index (χ3n) is 7.25. The number of hydrogen-bond donors (Lipinski definition) is 2. The molecule has 0 aromatic carbocycles. The van der Waals surface area contributed by atoms with Crippen molar-refractivity contribution in [2.75, 3.05) is 0 Å². The van der Waals surface area contributed by atoms with Crippen molar-refractivity contribution >= 4 is 11.6 Å². The van der Waals surface area contributed by atoms with Crippen molar-refractivity contribution in [2.24, 2.45) is 22.2 Å². The van der Waals surface area contributed by atoms with E-state index < -0.39 is 28.5 Å². The molecule has 0 spiro atoms. The molecular formula is C20H28O4. The van der Waals surface area contributed by atoms with Gasteiger partial charge in [0, 0.05) is 11.8 Å². The summed E-state index contributed by atoms with van der Waals surface area (Å²) in [5, 5.41) is 21.6. The minimum absolute atomic E-state index is 0.0766. The fourth-order valence-corrected chi connectivity index (χ4v) is 5.54. The van der Waals surface area contributed by atoms with Gasteiger partial charge in [-0.15, -0.1) is 6.58 Å². The number of aliphatic hydroxyl groups excluding tert-OH is 2. The van der Waals surface area contributed by atoms with Crippen molar-refractivity contribution in [3.8, 4) is 0 Å². The summed E-state index contributed by atoms with van der Waals surface area (Å²) in [5.41, 5.74) is -0.723. The molecule has 4 nitrogen and oxygen atoms in total. The van der Waals surface area contributed by atoms with E-state index in [1.807, 2.05) is 13.8 Å². The second-order valence-corrected chi connectivity index (χ2v) is 8.75. The number of carbonyl (C=O) groups is 2. The van der Waals surface area contributed by atoms with Gasteiger partial charge in [0.2, 0.25) is 0 Å². The first-order chi connectivity index (χ1) is 11.0. The lowest BCUT2D eigenvalue weighted by molar-refractivity contribution is -0.144. The van der Waals surface area contributed by atoms with Gasteiger partial charge in [-0.1, -0.05) is 26.8 Å². The number of ketones is 2. The number of fused-ring (bicyclic) bond motifs is 2. The van der Waals surface area contributed by atoms with E-state index in [0.717, 1.165) is 6.42 Å². The number of carbonyl (C=O) groups excluding carboxylic acids is 2. The zero-order valence-corrected chi connectivity index (χ0v) is 15.1. The summed E-state index contributed by atoms with van der Waals surface area (Å²) in [6, 6.07) is 0. The zero-order chi connectivity index (χ0) is 18.1. The smallest absolute Gasteiger partial charge is 0.171 e. The lowest BCUT2D eigenvalue weighted by atomic mass is 9.46. The molecule has 132 valence electrons. The number of allylic oxidation sites excluding steroid dienone is 1. The monoisotopic (exact) mass is 332 g/mol. The van der Waals surface area contributed by atoms with Gasteiger partial charge in [0.15, 0.2) is 5.78 Å². The molecule has 0 amide bonds. The number of rotatable bonds is 1. The fraction of sp³-hybridized carbons (Fsp3) is 0.700. The van der Waals surface area contributed by atoms with E-state index >= 15 is 0 Å². The van der Waals surface area contributed by atoms with Gasteiger partial charge < -0.3 is 10.2 Å². The Balaban J connectivity index is 2.18. The van der Waals surface area contributed by atoms with E-state index in [2.05, 4.69) is 13.5 Å². The number of aliphatic hydroxyl groups is 2. The van der Waals surface area contributed by atoms with Crippen molar-refractivity contribution in [3.63, 3.8) is 0 Å². The second-order valence-electron chi connectivity index (χ2n) is 8.75. The molecule has 0 heterocycles. The molecule has 4 heteroatoms. The minimum atomic E-state index is -1.20. The zero-order valence-electron chi connectivity index (χ0n) is 15.1. The second kappa shape index (κ2) is 5.12. The molecule has 5 unspecified atom stereocenters. The molecule has 1 fully saturated rings. The molecule has 0 aromatic rings. The van der Waals surface area contributed by atoms with Crippen LogP contribution >= 0.6 is 0 Å². The van der Waals surface area contributed by atoms with Crippen molar-refractivity contribution in [3.05, 3.63) is 23.8 Å². The molecule has 2 N–H and O–H groups in total. The van der Waals surface area contributed by atoms with Crippen LogP contribution in [-0.4, -0.2) is 34.0 Å². The van der Waals surface area contributed by atoms with Gasteiger partial charge in [0.05, 0.1) is 11.5 Å². The molecule has 0 aliphatic heterocycles. The van der Waals surface area contributed by atoms with Crippen LogP contribution in [0.1, 0.15) is 53.4 Å². The minimum Gasteiger partial charge on any atom is -0.389 e. The summed E-state index contributed by atoms with van der Waals surface area (Å²) in [7, 11) is 0. The largest absolute Gasteiger partial charge is 0.389 e. The maximum atomic E-state index is 13.0. The van der Waals surface area contributed by atoms with Gasteiger partial charge in [-0.25, -0.2) is 0 Å². The van der Waals surface area contributed by atoms with E-state index in [1.165, 1.54) is 6.08 Å². The van der Waals surface area contributed by atoms with Crippen LogP contribution in [0.4, 0.5) is 0 Å². The van der Waals surface area contributed by atoms with Crippen molar-refractivity contribution in [1.29, 1.82) is 0 Å². The van der Waals surface area contributed by atoms with Crippen LogP contribution in [0.2, 0.25) is 0 Å². The van der Waals surface area contributed by atoms with E-state index in [-0.39, 0.29) is 17.5 Å². The van der Waals surface area contributed by atoms with Crippen LogP contribution in [-0.2, 0) is 9.59 Å². The molecule has 3 aliphatic rings. The van der Waals surface area contributed by atoms with Gasteiger partial charge in [0.1, 0.15) is 11.9 Å². The standard InChI is InChI=1S/C20H28O4/c1-6-19(4)16(23)11-7-8-12-18(2,3)13(21)9-10-20(12,5)14(11)15(22)17(19)24/h6,12,15,17,22,24H,1,7-10H2,2-5H3. The average molecular weight is 332 g/mol. The van der Waals surface area contributed by atoms with Crippen molar-refractivity contribution in [2.45, 2.75) is 65.6 Å². The Morgan fingerprint density at radius 2 is 1.75 bits per heavy atom. The van der Waals surface area contributed by atoms with Crippen LogP contribution in [0.25, 0.3) is 0 Å². The quantitative estimate of drug-likeness (QED) is 0.724. The van der Waals surface area contributed by atoms with E-state index in [9.17, 15) is 19.8 Å². The fourth-order valence-electron chi connectivity index (χ4n) is 5.54. The molecule has 0 saturated heterocycles. The Morgan fingerprint density at radius 1 is 1.12 bits per heavy atom. The predicted octanol–water partition coefficient (Wildman–Crippen LogP) is 2.59. The Morgan fingerprint density at radius 3 is 2.33 bits per heavy atom. The molecule has 0 aromatic heterocycles. The van der Waals surface area contributed by atoms with Crippen LogP contribution in [0.5, 0.6) is 0 Å². The Hall–Kier alpha value is -1.26. The molecular weight excluding hydrogens is 304 g/mol. The summed E-state index contributed by atoms with van der Waals surface area (Å²) in [6.45, 7) is 11.4. The Labute approximate surface area is 143 Å². The summed E-state index contributed by atoms with van der Waals surface area (Å²) < 4.78 is 0. The van der Waals surface area contributed by atoms with Crippen LogP contribution in [0, 0.1) is 22.2 Å². The molecule has 3 rings (SSSR count). The van der Waals surface area contributed by atoms with E-state index in [0.29, 0.717) is 30.4 Å². The molecule has 0 bridgehead atoms. The number of hydrogen-bond acceptors (Lipinski definition) is 4. The lowest BCUT2D eigenvalue weighted by Crippen LogP contribution is -2.59. The van der Waals surface area contributed by atoms with Gasteiger partial charge in [-0.3, -0.25) is 9.59 Å². The first kappa shape index (κ1) is 17.6. The topological polar surface area (TPSA) is 74.6 Å². The normalized spacial score (nSPS) is 44.8. The molecule has 3 aliphatic carbocycles. The Kier molecular flexibility index (Phi) is 3.75. The summed E-state index contributed by atoms with van der Waals surface area (Å²) >= 11 is 0. The highest BCUT2D eigenvalue weighted by Crippen LogP contribution is 2.61. The van der Waals surface area contributed by atoms with E-state index in [1.54, 1.807) is 6.92 Å². The predicted molar refractivity (Wildman–Crippen MR) is 91.2 cm³/mol. The van der Waals surface area contributed by atoms with E-state index in [4.69, 9.17) is 0 Å². The molecule has 1 saturated carbocycles. The van der Waals surface area contributed by atoms with Gasteiger partial charge in [0.25, 0.3) is 0 Å². The van der Waals surface area contributed by atoms with Crippen LogP contribution < -0.4 is 0 Å². The highest BCUT2D eigenvalue weighted by Gasteiger charge is 2.60. The summed E-state index contributed by atoms with van der Waals surface area (Å²) in [6.07, 6.45) is 1.56. The maximum Gasteiger partial charge on any atom is 0.171 e. The molecule has 5 atom stereocenters. The van der Waals surface area contributed by atoms with Crippen molar-refractivity contribution < 1.29 is 19.8 Å². The highest BCUT2D eigenvalue weighted by atomic mass is 16.3. The third-order valence-corrected chi connectivity index (χ3v) is 7.25. The number of Topliss-reactive ketones (excluding diaryl/α,β-unsaturated/α-hetero) is 2. The first-order valence-corrected chi connectivity index (χ1v) is 8.83. The third kappa shape index (κ3) is 1.93. The summed E-state index contributed by atoms with van der Waals surface area (Å²) in [5.74, 6) is 0.203. The highest BCUT2D eigenvalue weighted by molar-refractivity contribution is 6.04. The SMILES string of the molecule is C=CC1(C)C(=O)C2=C(C(O)C1O)C1(C)CCC(=O)C(C)(C)C1CC2. The molecule has 24 heavy (non-hydrogen) atoms. The lowest BCUT2D eigenvalue weighted by Gasteiger charge is -2.57. The van der Waals surface area contributed by atoms with Gasteiger partial charge >= 0.3 is 0 Å². The molecule has 0 radical (unpaired) electrons. The van der Waals surface area contributed by atoms with Gasteiger partial charge in [-0.05, 0) is 48.7 Å². The maximum absolute atomic E-state index is 13.0. The van der Waals surface area contributed by atoms with Crippen LogP contribution in [0.15, 0.2) is 23.8 Å². The average Bonchev–Trinajstić information content (AvgIpc) is 2.54. The summed E-state index contributed by atoms with van der Waals surface area (Å²) in [4.78, 5) is 25.5. The Bertz CT molecular complexity index is 659. The van der Waals surface area contributed by atoms with Crippen LogP contribution in [0.3, 0.4) is 0 Å². The van der Waals surface area contributed by atoms with Gasteiger partial charge in [-0.2, -0.15) is 0 Å².